The first-order valence-electron chi connectivity index (χ1n) is 14.2. The van der Waals surface area contributed by atoms with Crippen LogP contribution in [0.2, 0.25) is 0 Å². The van der Waals surface area contributed by atoms with E-state index in [0.29, 0.717) is 42.4 Å². The molecule has 1 aromatic rings. The number of likely N-dealkylation sites (tertiary alicyclic amines) is 1. The first-order chi connectivity index (χ1) is 18.0. The van der Waals surface area contributed by atoms with Crippen LogP contribution in [0, 0.1) is 29.1 Å². The molecule has 0 radical (unpaired) electrons. The van der Waals surface area contributed by atoms with Crippen LogP contribution in [0.3, 0.4) is 0 Å². The molecule has 3 fully saturated rings. The third kappa shape index (κ3) is 7.11. The summed E-state index contributed by atoms with van der Waals surface area (Å²) in [4.78, 5) is 43.4. The van der Waals surface area contributed by atoms with E-state index in [-0.39, 0.29) is 40.4 Å². The summed E-state index contributed by atoms with van der Waals surface area (Å²) < 4.78 is 5.71. The van der Waals surface area contributed by atoms with Crippen LogP contribution in [0.5, 0.6) is 0 Å². The van der Waals surface area contributed by atoms with Crippen LogP contribution in [0.25, 0.3) is 0 Å². The van der Waals surface area contributed by atoms with Crippen molar-refractivity contribution in [1.82, 2.24) is 4.90 Å². The summed E-state index contributed by atoms with van der Waals surface area (Å²) >= 11 is 1.14. The van der Waals surface area contributed by atoms with Gasteiger partial charge in [0.15, 0.2) is 0 Å². The number of hydrogen-bond acceptors (Lipinski definition) is 5. The van der Waals surface area contributed by atoms with Crippen molar-refractivity contribution in [2.45, 2.75) is 104 Å². The van der Waals surface area contributed by atoms with Gasteiger partial charge in [-0.15, -0.1) is 11.3 Å². The number of piperidine rings is 1. The number of carbonyl (C=O) groups excluding carboxylic acids is 2. The highest BCUT2D eigenvalue weighted by Crippen LogP contribution is 2.38. The molecule has 7 nitrogen and oxygen atoms in total. The molecule has 2 saturated carbocycles. The second-order valence-corrected chi connectivity index (χ2v) is 13.4. The molecule has 1 saturated heterocycles. The van der Waals surface area contributed by atoms with E-state index in [1.807, 2.05) is 20.8 Å². The number of nitrogens with zero attached hydrogens (tertiary/aromatic N) is 2. The molecular formula is C30H42N2O5S. The maximum atomic E-state index is 14.0. The Kier molecular flexibility index (Phi) is 9.07. The number of aromatic carboxylic acids is 1. The first-order valence-corrected chi connectivity index (χ1v) is 15.0. The van der Waals surface area contributed by atoms with Crippen molar-refractivity contribution in [3.63, 3.8) is 0 Å². The van der Waals surface area contributed by atoms with E-state index in [1.54, 1.807) is 15.9 Å². The minimum absolute atomic E-state index is 0.0134. The van der Waals surface area contributed by atoms with Gasteiger partial charge in [-0.1, -0.05) is 18.8 Å². The Morgan fingerprint density at radius 1 is 1.03 bits per heavy atom. The zero-order valence-corrected chi connectivity index (χ0v) is 24.1. The van der Waals surface area contributed by atoms with Crippen LogP contribution in [-0.4, -0.2) is 53.2 Å². The summed E-state index contributed by atoms with van der Waals surface area (Å²) in [6.45, 7) is 9.24. The van der Waals surface area contributed by atoms with Crippen molar-refractivity contribution in [3.8, 4) is 11.8 Å². The summed E-state index contributed by atoms with van der Waals surface area (Å²) in [5, 5.41) is 10.1. The van der Waals surface area contributed by atoms with Gasteiger partial charge in [-0.3, -0.25) is 4.79 Å². The Hall–Kier alpha value is -2.53. The van der Waals surface area contributed by atoms with E-state index in [9.17, 15) is 19.5 Å². The molecule has 208 valence electrons. The maximum Gasteiger partial charge on any atom is 0.410 e. The molecule has 2 aliphatic carbocycles. The van der Waals surface area contributed by atoms with Gasteiger partial charge in [0.25, 0.3) is 0 Å². The molecule has 1 aliphatic heterocycles. The van der Waals surface area contributed by atoms with Gasteiger partial charge in [-0.25, -0.2) is 9.59 Å². The van der Waals surface area contributed by atoms with Crippen molar-refractivity contribution in [2.24, 2.45) is 17.3 Å². The average molecular weight is 543 g/mol. The molecular weight excluding hydrogens is 500 g/mol. The summed E-state index contributed by atoms with van der Waals surface area (Å²) in [7, 11) is 0. The fourth-order valence-corrected chi connectivity index (χ4v) is 6.60. The molecule has 0 aromatic carbocycles. The minimum atomic E-state index is -1.04. The van der Waals surface area contributed by atoms with Crippen molar-refractivity contribution in [1.29, 1.82) is 0 Å². The Balaban J connectivity index is 1.58. The van der Waals surface area contributed by atoms with Crippen LogP contribution in [-0.2, 0) is 9.53 Å². The van der Waals surface area contributed by atoms with Crippen molar-refractivity contribution in [3.05, 3.63) is 15.8 Å². The Bertz CT molecular complexity index is 1070. The van der Waals surface area contributed by atoms with Gasteiger partial charge in [0.2, 0.25) is 5.91 Å². The third-order valence-corrected chi connectivity index (χ3v) is 9.01. The van der Waals surface area contributed by atoms with Crippen molar-refractivity contribution < 1.29 is 24.2 Å². The second kappa shape index (κ2) is 12.1. The standard InChI is InChI=1S/C30H42N2O5S/c1-20-9-11-21(12-10-20)27(33)32(25-19-24(13-16-30(2,3)4)38-26(25)28(34)35)22-14-17-31(18-15-22)29(36)37-23-7-5-6-8-23/h19-23H,5-12,14-15,17-18H2,1-4H3,(H,34,35)/t20-,21-. The van der Waals surface area contributed by atoms with Gasteiger partial charge in [0, 0.05) is 30.5 Å². The topological polar surface area (TPSA) is 87.2 Å². The molecule has 4 rings (SSSR count). The van der Waals surface area contributed by atoms with Crippen LogP contribution in [0.15, 0.2) is 6.07 Å². The highest BCUT2D eigenvalue weighted by atomic mass is 32.1. The number of carboxylic acid groups (broad SMARTS) is 1. The summed E-state index contributed by atoms with van der Waals surface area (Å²) in [6.07, 6.45) is 8.66. The molecule has 8 heteroatoms. The summed E-state index contributed by atoms with van der Waals surface area (Å²) in [5.41, 5.74) is 0.234. The van der Waals surface area contributed by atoms with E-state index in [0.717, 1.165) is 62.7 Å². The second-order valence-electron chi connectivity index (χ2n) is 12.3. The predicted octanol–water partition coefficient (Wildman–Crippen LogP) is 6.55. The van der Waals surface area contributed by atoms with Gasteiger partial charge in [0.1, 0.15) is 11.0 Å². The number of thiophene rings is 1. The SMILES string of the molecule is CC(C)(C)C#Cc1cc(N(C(=O)[C@H]2CC[C@H](C)CC2)C2CCN(C(=O)OC3CCCC3)CC2)c(C(=O)O)s1. The number of anilines is 1. The smallest absolute Gasteiger partial charge is 0.410 e. The van der Waals surface area contributed by atoms with Gasteiger partial charge in [-0.05, 0) is 97.0 Å². The molecule has 0 atom stereocenters. The zero-order valence-electron chi connectivity index (χ0n) is 23.3. The largest absolute Gasteiger partial charge is 0.477 e. The number of carboxylic acids is 1. The van der Waals surface area contributed by atoms with Crippen molar-refractivity contribution >= 4 is 35.0 Å². The Labute approximate surface area is 230 Å². The summed E-state index contributed by atoms with van der Waals surface area (Å²) in [5.74, 6) is 5.80. The monoisotopic (exact) mass is 542 g/mol. The van der Waals surface area contributed by atoms with Gasteiger partial charge in [-0.2, -0.15) is 0 Å². The molecule has 3 aliphatic rings. The van der Waals surface area contributed by atoms with Gasteiger partial charge in [0.05, 0.1) is 10.6 Å². The van der Waals surface area contributed by atoms with Crippen LogP contribution in [0.1, 0.15) is 106 Å². The molecule has 38 heavy (non-hydrogen) atoms. The van der Waals surface area contributed by atoms with Gasteiger partial charge < -0.3 is 19.6 Å². The predicted molar refractivity (Wildman–Crippen MR) is 150 cm³/mol. The lowest BCUT2D eigenvalue weighted by Crippen LogP contribution is -2.51. The average Bonchev–Trinajstić information content (AvgIpc) is 3.53. The molecule has 0 bridgehead atoms. The molecule has 1 aromatic heterocycles. The van der Waals surface area contributed by atoms with Crippen LogP contribution < -0.4 is 4.90 Å². The first kappa shape index (κ1) is 28.5. The van der Waals surface area contributed by atoms with E-state index in [2.05, 4.69) is 18.8 Å². The highest BCUT2D eigenvalue weighted by molar-refractivity contribution is 7.15. The fraction of sp³-hybridized carbons (Fsp3) is 0.700. The van der Waals surface area contributed by atoms with E-state index < -0.39 is 5.97 Å². The molecule has 1 N–H and O–H groups in total. The Morgan fingerprint density at radius 2 is 1.66 bits per heavy atom. The fourth-order valence-electron chi connectivity index (χ4n) is 5.75. The normalized spacial score (nSPS) is 23.0. The molecule has 0 unspecified atom stereocenters. The lowest BCUT2D eigenvalue weighted by atomic mass is 9.82. The lowest BCUT2D eigenvalue weighted by Gasteiger charge is -2.40. The number of hydrogen-bond donors (Lipinski definition) is 1. The molecule has 2 heterocycles. The summed E-state index contributed by atoms with van der Waals surface area (Å²) in [6, 6.07) is 1.62. The van der Waals surface area contributed by atoms with E-state index in [4.69, 9.17) is 4.74 Å². The van der Waals surface area contributed by atoms with Crippen LogP contribution in [0.4, 0.5) is 10.5 Å². The number of amides is 2. The Morgan fingerprint density at radius 3 is 2.24 bits per heavy atom. The highest BCUT2D eigenvalue weighted by Gasteiger charge is 2.38. The number of rotatable bonds is 5. The number of ether oxygens (including phenoxy) is 1. The number of carbonyl (C=O) groups is 3. The quantitative estimate of drug-likeness (QED) is 0.427. The van der Waals surface area contributed by atoms with Crippen molar-refractivity contribution in [2.75, 3.05) is 18.0 Å². The zero-order chi connectivity index (χ0) is 27.4. The van der Waals surface area contributed by atoms with E-state index >= 15 is 0 Å². The molecule has 0 spiro atoms. The van der Waals surface area contributed by atoms with E-state index in [1.165, 1.54) is 0 Å². The lowest BCUT2D eigenvalue weighted by molar-refractivity contribution is -0.124. The van der Waals surface area contributed by atoms with Gasteiger partial charge >= 0.3 is 12.1 Å². The maximum absolute atomic E-state index is 14.0. The van der Waals surface area contributed by atoms with Crippen LogP contribution >= 0.6 is 11.3 Å². The molecule has 2 amide bonds. The third-order valence-electron chi connectivity index (χ3n) is 7.99. The minimum Gasteiger partial charge on any atom is -0.477 e.